The Morgan fingerprint density at radius 3 is 2.63 bits per heavy atom. The van der Waals surface area contributed by atoms with E-state index in [0.29, 0.717) is 24.8 Å². The van der Waals surface area contributed by atoms with Gasteiger partial charge < -0.3 is 25.1 Å². The van der Waals surface area contributed by atoms with Crippen molar-refractivity contribution >= 4 is 11.8 Å². The van der Waals surface area contributed by atoms with Crippen LogP contribution in [0.25, 0.3) is 0 Å². The molecule has 0 aliphatic carbocycles. The van der Waals surface area contributed by atoms with Crippen LogP contribution in [-0.2, 0) is 12.1 Å². The van der Waals surface area contributed by atoms with Crippen molar-refractivity contribution in [3.05, 3.63) is 47.5 Å². The molecule has 1 aliphatic heterocycles. The second kappa shape index (κ2) is 10.5. The van der Waals surface area contributed by atoms with Crippen molar-refractivity contribution in [1.82, 2.24) is 15.6 Å². The van der Waals surface area contributed by atoms with Crippen molar-refractivity contribution in [3.63, 3.8) is 0 Å². The van der Waals surface area contributed by atoms with Crippen LogP contribution < -0.4 is 15.5 Å². The number of pyridine rings is 1. The van der Waals surface area contributed by atoms with Crippen LogP contribution in [0.2, 0.25) is 0 Å². The molecule has 30 heavy (non-hydrogen) atoms. The van der Waals surface area contributed by atoms with Crippen molar-refractivity contribution < 1.29 is 9.52 Å². The largest absolute Gasteiger partial charge is 0.463 e. The first kappa shape index (κ1) is 22.2. The summed E-state index contributed by atoms with van der Waals surface area (Å²) in [5, 5.41) is 17.2. The summed E-state index contributed by atoms with van der Waals surface area (Å²) >= 11 is 0. The van der Waals surface area contributed by atoms with Gasteiger partial charge in [0.25, 0.3) is 0 Å². The number of aliphatic hydroxyl groups is 1. The third-order valence-corrected chi connectivity index (χ3v) is 5.38. The minimum Gasteiger partial charge on any atom is -0.463 e. The van der Waals surface area contributed by atoms with E-state index in [1.807, 2.05) is 38.2 Å². The predicted octanol–water partition coefficient (Wildman–Crippen LogP) is 3.33. The average Bonchev–Trinajstić information content (AvgIpc) is 3.01. The molecule has 0 amide bonds. The zero-order valence-corrected chi connectivity index (χ0v) is 18.4. The summed E-state index contributed by atoms with van der Waals surface area (Å²) in [4.78, 5) is 11.7. The summed E-state index contributed by atoms with van der Waals surface area (Å²) < 4.78 is 5.59. The standard InChI is InChI=1S/C23H35N5O2/c1-4-24-22(27-17-23(3,29)20-10-9-18(2)30-20)26-16-19-11-12-25-21(15-19)28-13-7-5-6-8-14-28/h9-12,15,29H,4-8,13-14,16-17H2,1-3H3,(H2,24,26,27). The maximum Gasteiger partial charge on any atom is 0.191 e. The first-order valence-electron chi connectivity index (χ1n) is 11.0. The molecule has 3 rings (SSSR count). The van der Waals surface area contributed by atoms with E-state index in [4.69, 9.17) is 9.41 Å². The zero-order chi connectivity index (χ0) is 21.4. The zero-order valence-electron chi connectivity index (χ0n) is 18.4. The smallest absolute Gasteiger partial charge is 0.191 e. The normalized spacial score (nSPS) is 17.3. The SMILES string of the molecule is CCNC(=NCc1ccnc(N2CCCCCC2)c1)NCC(C)(O)c1ccc(C)o1. The molecule has 3 heterocycles. The number of anilines is 1. The highest BCUT2D eigenvalue weighted by molar-refractivity contribution is 5.79. The van der Waals surface area contributed by atoms with Gasteiger partial charge in [0, 0.05) is 25.8 Å². The fraction of sp³-hybridized carbons (Fsp3) is 0.565. The van der Waals surface area contributed by atoms with Crippen molar-refractivity contribution in [2.45, 2.75) is 58.6 Å². The van der Waals surface area contributed by atoms with E-state index in [9.17, 15) is 5.11 Å². The van der Waals surface area contributed by atoms with Gasteiger partial charge in [-0.15, -0.1) is 0 Å². The highest BCUT2D eigenvalue weighted by Gasteiger charge is 2.27. The number of aromatic nitrogens is 1. The lowest BCUT2D eigenvalue weighted by Gasteiger charge is -2.23. The van der Waals surface area contributed by atoms with Crippen molar-refractivity contribution in [1.29, 1.82) is 0 Å². The molecule has 0 saturated carbocycles. The van der Waals surface area contributed by atoms with Gasteiger partial charge in [0.1, 0.15) is 22.9 Å². The average molecular weight is 414 g/mol. The second-order valence-electron chi connectivity index (χ2n) is 8.16. The predicted molar refractivity (Wildman–Crippen MR) is 121 cm³/mol. The maximum absolute atomic E-state index is 10.8. The Hall–Kier alpha value is -2.54. The Bertz CT molecular complexity index is 823. The summed E-state index contributed by atoms with van der Waals surface area (Å²) in [7, 11) is 0. The fourth-order valence-corrected chi connectivity index (χ4v) is 3.61. The maximum atomic E-state index is 10.8. The molecule has 164 valence electrons. The van der Waals surface area contributed by atoms with Gasteiger partial charge in [-0.1, -0.05) is 12.8 Å². The molecule has 7 nitrogen and oxygen atoms in total. The van der Waals surface area contributed by atoms with Gasteiger partial charge in [0.15, 0.2) is 5.96 Å². The van der Waals surface area contributed by atoms with Crippen LogP contribution in [0.4, 0.5) is 5.82 Å². The summed E-state index contributed by atoms with van der Waals surface area (Å²) in [6.45, 7) is 9.35. The molecule has 0 spiro atoms. The van der Waals surface area contributed by atoms with E-state index in [1.54, 1.807) is 6.92 Å². The molecule has 7 heteroatoms. The molecule has 0 aromatic carbocycles. The van der Waals surface area contributed by atoms with Gasteiger partial charge in [-0.3, -0.25) is 0 Å². The summed E-state index contributed by atoms with van der Waals surface area (Å²) in [6.07, 6.45) is 6.94. The molecular formula is C23H35N5O2. The molecule has 0 radical (unpaired) electrons. The van der Waals surface area contributed by atoms with E-state index in [1.165, 1.54) is 25.7 Å². The molecule has 1 atom stereocenters. The van der Waals surface area contributed by atoms with E-state index < -0.39 is 5.60 Å². The third-order valence-electron chi connectivity index (χ3n) is 5.38. The van der Waals surface area contributed by atoms with Crippen LogP contribution in [0.1, 0.15) is 56.6 Å². The first-order valence-corrected chi connectivity index (χ1v) is 11.0. The Balaban J connectivity index is 1.63. The number of hydrogen-bond donors (Lipinski definition) is 3. The first-order chi connectivity index (χ1) is 14.5. The molecule has 3 N–H and O–H groups in total. The van der Waals surface area contributed by atoms with Crippen molar-refractivity contribution in [3.8, 4) is 0 Å². The molecular weight excluding hydrogens is 378 g/mol. The number of aryl methyl sites for hydroxylation is 1. The van der Waals surface area contributed by atoms with Gasteiger partial charge in [-0.2, -0.15) is 0 Å². The molecule has 1 fully saturated rings. The quantitative estimate of drug-likeness (QED) is 0.477. The van der Waals surface area contributed by atoms with Crippen molar-refractivity contribution in [2.75, 3.05) is 31.1 Å². The number of furan rings is 1. The Kier molecular flexibility index (Phi) is 7.74. The molecule has 1 unspecified atom stereocenters. The summed E-state index contributed by atoms with van der Waals surface area (Å²) in [5.74, 6) is 3.02. The van der Waals surface area contributed by atoms with E-state index >= 15 is 0 Å². The number of nitrogens with zero attached hydrogens (tertiary/aromatic N) is 3. The number of nitrogens with one attached hydrogen (secondary N) is 2. The van der Waals surface area contributed by atoms with E-state index in [2.05, 4.69) is 26.6 Å². The van der Waals surface area contributed by atoms with Crippen LogP contribution in [0.15, 0.2) is 39.9 Å². The van der Waals surface area contributed by atoms with Gasteiger partial charge in [-0.05, 0) is 63.4 Å². The number of aliphatic imine (C=N–C) groups is 1. The Morgan fingerprint density at radius 1 is 1.20 bits per heavy atom. The second-order valence-corrected chi connectivity index (χ2v) is 8.16. The lowest BCUT2D eigenvalue weighted by Crippen LogP contribution is -2.44. The lowest BCUT2D eigenvalue weighted by atomic mass is 10.0. The van der Waals surface area contributed by atoms with E-state index in [-0.39, 0.29) is 0 Å². The fourth-order valence-electron chi connectivity index (χ4n) is 3.61. The lowest BCUT2D eigenvalue weighted by molar-refractivity contribution is 0.0378. The minimum atomic E-state index is -1.12. The molecule has 2 aromatic rings. The van der Waals surface area contributed by atoms with Crippen LogP contribution in [0.3, 0.4) is 0 Å². The Labute approximate surface area is 179 Å². The topological polar surface area (TPSA) is 85.9 Å². The van der Waals surface area contributed by atoms with Gasteiger partial charge >= 0.3 is 0 Å². The van der Waals surface area contributed by atoms with Gasteiger partial charge in [0.2, 0.25) is 0 Å². The van der Waals surface area contributed by atoms with Crippen LogP contribution in [0.5, 0.6) is 0 Å². The third kappa shape index (κ3) is 6.23. The number of rotatable bonds is 7. The van der Waals surface area contributed by atoms with Crippen LogP contribution >= 0.6 is 0 Å². The highest BCUT2D eigenvalue weighted by atomic mass is 16.4. The van der Waals surface area contributed by atoms with Gasteiger partial charge in [0.05, 0.1) is 13.1 Å². The molecule has 1 aliphatic rings. The van der Waals surface area contributed by atoms with E-state index in [0.717, 1.165) is 36.8 Å². The molecule has 0 bridgehead atoms. The number of guanidine groups is 1. The summed E-state index contributed by atoms with van der Waals surface area (Å²) in [5.41, 5.74) is -0.00370. The minimum absolute atomic E-state index is 0.293. The van der Waals surface area contributed by atoms with Gasteiger partial charge in [-0.25, -0.2) is 9.98 Å². The molecule has 1 saturated heterocycles. The monoisotopic (exact) mass is 413 g/mol. The highest BCUT2D eigenvalue weighted by Crippen LogP contribution is 2.22. The van der Waals surface area contributed by atoms with Crippen LogP contribution in [-0.4, -0.2) is 42.2 Å². The summed E-state index contributed by atoms with van der Waals surface area (Å²) in [6, 6.07) is 7.81. The molecule has 2 aromatic heterocycles. The number of hydrogen-bond acceptors (Lipinski definition) is 5. The Morgan fingerprint density at radius 2 is 1.97 bits per heavy atom. The van der Waals surface area contributed by atoms with Crippen LogP contribution in [0, 0.1) is 6.92 Å². The van der Waals surface area contributed by atoms with Crippen molar-refractivity contribution in [2.24, 2.45) is 4.99 Å².